The molecule has 1 amide bonds. The number of hydrogen-bond acceptors (Lipinski definition) is 3. The van der Waals surface area contributed by atoms with Gasteiger partial charge in [0.05, 0.1) is 13.7 Å². The van der Waals surface area contributed by atoms with Crippen molar-refractivity contribution in [2.45, 2.75) is 24.9 Å². The largest absolute Gasteiger partial charge is 0.496 e. The Hall–Kier alpha value is -3.27. The van der Waals surface area contributed by atoms with Crippen LogP contribution in [0.4, 0.5) is 5.69 Å². The average Bonchev–Trinajstić information content (AvgIpc) is 3.16. The normalized spacial score (nSPS) is 22.0. The number of rotatable bonds is 3. The van der Waals surface area contributed by atoms with Gasteiger partial charge in [-0.2, -0.15) is 0 Å². The summed E-state index contributed by atoms with van der Waals surface area (Å²) in [4.78, 5) is 14.7. The number of anilines is 1. The molecule has 3 aromatic rings. The Kier molecular flexibility index (Phi) is 3.75. The summed E-state index contributed by atoms with van der Waals surface area (Å²) >= 11 is 0. The summed E-state index contributed by atoms with van der Waals surface area (Å²) in [7, 11) is 1.69. The first kappa shape index (κ1) is 17.8. The van der Waals surface area contributed by atoms with Gasteiger partial charge in [0.25, 0.3) is 0 Å². The van der Waals surface area contributed by atoms with Crippen LogP contribution in [0.15, 0.2) is 66.7 Å². The Morgan fingerprint density at radius 2 is 1.79 bits per heavy atom. The predicted molar refractivity (Wildman–Crippen MR) is 117 cm³/mol. The van der Waals surface area contributed by atoms with Crippen molar-refractivity contribution in [2.75, 3.05) is 18.6 Å². The van der Waals surface area contributed by atoms with Gasteiger partial charge in [-0.1, -0.05) is 68.5 Å². The quantitative estimate of drug-likeness (QED) is 0.724. The Morgan fingerprint density at radius 1 is 1.03 bits per heavy atom. The molecule has 1 unspecified atom stereocenters. The Bertz CT molecular complexity index is 1160. The minimum Gasteiger partial charge on any atom is -0.496 e. The second kappa shape index (κ2) is 6.11. The fraction of sp³-hybridized carbons (Fsp3) is 0.240. The highest BCUT2D eigenvalue weighted by Gasteiger charge is 2.59. The third-order valence-corrected chi connectivity index (χ3v) is 6.52. The van der Waals surface area contributed by atoms with Gasteiger partial charge in [0.2, 0.25) is 5.91 Å². The highest BCUT2D eigenvalue weighted by Crippen LogP contribution is 2.53. The summed E-state index contributed by atoms with van der Waals surface area (Å²) in [5.41, 5.74) is 2.48. The molecule has 5 rings (SSSR count). The smallest absolute Gasteiger partial charge is 0.241 e. The van der Waals surface area contributed by atoms with E-state index in [9.17, 15) is 4.79 Å². The lowest BCUT2D eigenvalue weighted by molar-refractivity contribution is -0.118. The molecule has 0 aromatic heterocycles. The van der Waals surface area contributed by atoms with Crippen LogP contribution < -0.4 is 15.0 Å². The molecule has 0 aliphatic carbocycles. The van der Waals surface area contributed by atoms with Crippen molar-refractivity contribution in [1.29, 1.82) is 0 Å². The average molecular weight is 384 g/mol. The molecule has 29 heavy (non-hydrogen) atoms. The second-order valence-electron chi connectivity index (χ2n) is 8.28. The molecule has 0 saturated carbocycles. The van der Waals surface area contributed by atoms with Gasteiger partial charge in [-0.05, 0) is 34.5 Å². The van der Waals surface area contributed by atoms with E-state index in [2.05, 4.69) is 72.6 Å². The van der Waals surface area contributed by atoms with Gasteiger partial charge in [0.1, 0.15) is 11.4 Å². The van der Waals surface area contributed by atoms with Gasteiger partial charge in [-0.25, -0.2) is 0 Å². The highest BCUT2D eigenvalue weighted by molar-refractivity contribution is 5.95. The van der Waals surface area contributed by atoms with Crippen LogP contribution in [-0.4, -0.2) is 25.2 Å². The van der Waals surface area contributed by atoms with Gasteiger partial charge < -0.3 is 15.0 Å². The molecular weight excluding hydrogens is 360 g/mol. The molecule has 0 radical (unpaired) electrons. The Labute approximate surface area is 170 Å². The molecule has 1 saturated heterocycles. The van der Waals surface area contributed by atoms with E-state index in [1.807, 2.05) is 24.3 Å². The third-order valence-electron chi connectivity index (χ3n) is 6.52. The maximum absolute atomic E-state index is 12.5. The topological polar surface area (TPSA) is 41.6 Å². The first-order valence-corrected chi connectivity index (χ1v) is 9.91. The number of fused-ring (bicyclic) bond motifs is 4. The van der Waals surface area contributed by atoms with Gasteiger partial charge in [-0.15, -0.1) is 0 Å². The van der Waals surface area contributed by atoms with Crippen LogP contribution in [0.1, 0.15) is 25.0 Å². The molecule has 0 spiro atoms. The first-order valence-electron chi connectivity index (χ1n) is 9.91. The maximum atomic E-state index is 12.5. The van der Waals surface area contributed by atoms with Gasteiger partial charge in [-0.3, -0.25) is 4.79 Å². The van der Waals surface area contributed by atoms with E-state index >= 15 is 0 Å². The molecule has 2 aliphatic rings. The van der Waals surface area contributed by atoms with E-state index < -0.39 is 5.66 Å². The number of nitrogens with zero attached hydrogens (tertiary/aromatic N) is 1. The minimum absolute atomic E-state index is 0.0436. The molecule has 1 atom stereocenters. The van der Waals surface area contributed by atoms with Crippen molar-refractivity contribution < 1.29 is 9.53 Å². The zero-order valence-corrected chi connectivity index (χ0v) is 16.9. The van der Waals surface area contributed by atoms with Crippen molar-refractivity contribution in [3.05, 3.63) is 77.9 Å². The Balaban J connectivity index is 1.70. The van der Waals surface area contributed by atoms with Crippen LogP contribution in [0.3, 0.4) is 0 Å². The fourth-order valence-electron chi connectivity index (χ4n) is 4.97. The molecule has 1 N–H and O–H groups in total. The predicted octanol–water partition coefficient (Wildman–Crippen LogP) is 4.49. The first-order chi connectivity index (χ1) is 14.0. The summed E-state index contributed by atoms with van der Waals surface area (Å²) in [5, 5.41) is 5.57. The van der Waals surface area contributed by atoms with E-state index in [4.69, 9.17) is 4.74 Å². The summed E-state index contributed by atoms with van der Waals surface area (Å²) in [5.74, 6) is 0.864. The molecule has 3 aromatic carbocycles. The number of amides is 1. The van der Waals surface area contributed by atoms with Gasteiger partial charge >= 0.3 is 0 Å². The standard InChI is InChI=1S/C25H24N2O2/c1-24(2)20-10-6-7-11-21(20)27-16-23(28)26-25(24,27)15-14-19-18-9-5-4-8-17(18)12-13-22(19)29-3/h4-15H,16H2,1-3H3,(H,26,28). The number of carbonyl (C=O) groups is 1. The molecule has 2 aliphatic heterocycles. The van der Waals surface area contributed by atoms with Crippen molar-refractivity contribution >= 4 is 28.4 Å². The minimum atomic E-state index is -0.615. The van der Waals surface area contributed by atoms with E-state index in [-0.39, 0.29) is 11.3 Å². The SMILES string of the molecule is COc1ccc2ccccc2c1C=CC12NC(=O)CN1c1ccccc1C2(C)C. The fourth-order valence-corrected chi connectivity index (χ4v) is 4.97. The van der Waals surface area contributed by atoms with E-state index in [1.54, 1.807) is 7.11 Å². The van der Waals surface area contributed by atoms with Crippen LogP contribution in [-0.2, 0) is 10.2 Å². The van der Waals surface area contributed by atoms with Crippen molar-refractivity contribution in [1.82, 2.24) is 5.32 Å². The molecule has 4 heteroatoms. The Morgan fingerprint density at radius 3 is 2.62 bits per heavy atom. The summed E-state index contributed by atoms with van der Waals surface area (Å²) < 4.78 is 5.66. The maximum Gasteiger partial charge on any atom is 0.241 e. The van der Waals surface area contributed by atoms with E-state index in [0.29, 0.717) is 6.54 Å². The number of benzene rings is 3. The van der Waals surface area contributed by atoms with Crippen molar-refractivity contribution in [3.63, 3.8) is 0 Å². The van der Waals surface area contributed by atoms with Crippen LogP contribution in [0.25, 0.3) is 16.8 Å². The summed E-state index contributed by atoms with van der Waals surface area (Å²) in [6, 6.07) is 20.7. The zero-order chi connectivity index (χ0) is 20.2. The summed E-state index contributed by atoms with van der Waals surface area (Å²) in [6.45, 7) is 4.75. The molecule has 0 bridgehead atoms. The van der Waals surface area contributed by atoms with E-state index in [0.717, 1.165) is 27.8 Å². The van der Waals surface area contributed by atoms with Crippen LogP contribution >= 0.6 is 0 Å². The molecule has 2 heterocycles. The molecule has 146 valence electrons. The van der Waals surface area contributed by atoms with Crippen LogP contribution in [0, 0.1) is 0 Å². The second-order valence-corrected chi connectivity index (χ2v) is 8.28. The zero-order valence-electron chi connectivity index (χ0n) is 16.9. The number of carbonyl (C=O) groups excluding carboxylic acids is 1. The third kappa shape index (κ3) is 2.35. The lowest BCUT2D eigenvalue weighted by Gasteiger charge is -2.40. The number of para-hydroxylation sites is 1. The van der Waals surface area contributed by atoms with Gasteiger partial charge in [0, 0.05) is 16.7 Å². The number of hydrogen-bond donors (Lipinski definition) is 1. The number of ether oxygens (including phenoxy) is 1. The van der Waals surface area contributed by atoms with Gasteiger partial charge in [0.15, 0.2) is 0 Å². The number of nitrogens with one attached hydrogen (secondary N) is 1. The highest BCUT2D eigenvalue weighted by atomic mass is 16.5. The molecular formula is C25H24N2O2. The van der Waals surface area contributed by atoms with Crippen molar-refractivity contribution in [2.24, 2.45) is 0 Å². The van der Waals surface area contributed by atoms with E-state index in [1.165, 1.54) is 5.56 Å². The number of methoxy groups -OCH3 is 1. The van der Waals surface area contributed by atoms with Crippen molar-refractivity contribution in [3.8, 4) is 5.75 Å². The van der Waals surface area contributed by atoms with Crippen LogP contribution in [0.5, 0.6) is 5.75 Å². The monoisotopic (exact) mass is 384 g/mol. The molecule has 1 fully saturated rings. The molecule has 4 nitrogen and oxygen atoms in total. The summed E-state index contributed by atoms with van der Waals surface area (Å²) in [6.07, 6.45) is 4.25. The lowest BCUT2D eigenvalue weighted by atomic mass is 9.75. The van der Waals surface area contributed by atoms with Crippen LogP contribution in [0.2, 0.25) is 0 Å². The lowest BCUT2D eigenvalue weighted by Crippen LogP contribution is -2.58.